The number of nitrogens with one attached hydrogen (secondary N) is 1. The van der Waals surface area contributed by atoms with Gasteiger partial charge in [-0.1, -0.05) is 41.6 Å². The summed E-state index contributed by atoms with van der Waals surface area (Å²) < 4.78 is 1.98. The van der Waals surface area contributed by atoms with Crippen molar-refractivity contribution in [2.24, 2.45) is 0 Å². The van der Waals surface area contributed by atoms with Crippen LogP contribution >= 0.6 is 23.4 Å². The van der Waals surface area contributed by atoms with Crippen LogP contribution in [0.25, 0.3) is 11.0 Å². The number of thioether (sulfide) groups is 1. The molecule has 1 amide bonds. The van der Waals surface area contributed by atoms with E-state index in [1.54, 1.807) is 6.08 Å². The molecule has 27 heavy (non-hydrogen) atoms. The predicted octanol–water partition coefficient (Wildman–Crippen LogP) is 4.51. The number of rotatable bonds is 7. The number of imidazole rings is 1. The van der Waals surface area contributed by atoms with Gasteiger partial charge < -0.3 is 9.88 Å². The molecule has 0 radical (unpaired) electrons. The highest BCUT2D eigenvalue weighted by Gasteiger charge is 2.15. The number of amides is 1. The molecule has 0 atom stereocenters. The number of nitrogens with zero attached hydrogens (tertiary/aromatic N) is 3. The molecular weight excluding hydrogens is 388 g/mol. The summed E-state index contributed by atoms with van der Waals surface area (Å²) in [4.78, 5) is 27.1. The van der Waals surface area contributed by atoms with Crippen LogP contribution in [0.5, 0.6) is 0 Å². The van der Waals surface area contributed by atoms with Gasteiger partial charge in [0.2, 0.25) is 5.91 Å². The number of benzene rings is 2. The lowest BCUT2D eigenvalue weighted by Gasteiger charge is -2.07. The van der Waals surface area contributed by atoms with E-state index in [-0.39, 0.29) is 22.4 Å². The number of hydrogen-bond donors (Lipinski definition) is 1. The smallest absolute Gasteiger partial charge is 0.289 e. The van der Waals surface area contributed by atoms with Crippen LogP contribution in [0.15, 0.2) is 60.3 Å². The summed E-state index contributed by atoms with van der Waals surface area (Å²) in [5.74, 6) is -0.189. The summed E-state index contributed by atoms with van der Waals surface area (Å²) in [6, 6.07) is 11.8. The fourth-order valence-electron chi connectivity index (χ4n) is 2.53. The Morgan fingerprint density at radius 3 is 2.89 bits per heavy atom. The van der Waals surface area contributed by atoms with Crippen LogP contribution < -0.4 is 5.32 Å². The molecule has 7 nitrogen and oxygen atoms in total. The number of carbonyl (C=O) groups is 1. The summed E-state index contributed by atoms with van der Waals surface area (Å²) in [6.07, 6.45) is 1.77. The summed E-state index contributed by atoms with van der Waals surface area (Å²) in [7, 11) is 0. The lowest BCUT2D eigenvalue weighted by Crippen LogP contribution is -2.14. The Morgan fingerprint density at radius 1 is 1.37 bits per heavy atom. The fourth-order valence-corrected chi connectivity index (χ4v) is 3.54. The van der Waals surface area contributed by atoms with Gasteiger partial charge in [0.05, 0.1) is 21.7 Å². The van der Waals surface area contributed by atoms with Crippen molar-refractivity contribution in [3.8, 4) is 0 Å². The topological polar surface area (TPSA) is 90.1 Å². The van der Waals surface area contributed by atoms with E-state index in [9.17, 15) is 14.9 Å². The van der Waals surface area contributed by atoms with E-state index in [1.807, 2.05) is 28.8 Å². The number of hydrogen-bond acceptors (Lipinski definition) is 5. The average Bonchev–Trinajstić information content (AvgIpc) is 2.99. The molecule has 0 spiro atoms. The van der Waals surface area contributed by atoms with Crippen molar-refractivity contribution in [1.82, 2.24) is 9.55 Å². The van der Waals surface area contributed by atoms with E-state index in [0.29, 0.717) is 17.4 Å². The van der Waals surface area contributed by atoms with Crippen LogP contribution in [0.2, 0.25) is 5.02 Å². The third-order valence-electron chi connectivity index (χ3n) is 3.69. The second-order valence-electron chi connectivity index (χ2n) is 5.54. The molecule has 1 aromatic heterocycles. The predicted molar refractivity (Wildman–Crippen MR) is 107 cm³/mol. The molecule has 9 heteroatoms. The normalized spacial score (nSPS) is 10.7. The van der Waals surface area contributed by atoms with Gasteiger partial charge in [-0.15, -0.1) is 6.58 Å². The zero-order chi connectivity index (χ0) is 19.4. The minimum absolute atomic E-state index is 0.0190. The van der Waals surface area contributed by atoms with Crippen LogP contribution in [0, 0.1) is 10.1 Å². The second-order valence-corrected chi connectivity index (χ2v) is 6.89. The van der Waals surface area contributed by atoms with Crippen molar-refractivity contribution in [3.63, 3.8) is 0 Å². The first-order valence-electron chi connectivity index (χ1n) is 7.92. The Kier molecular flexibility index (Phi) is 5.78. The third kappa shape index (κ3) is 4.29. The van der Waals surface area contributed by atoms with E-state index in [4.69, 9.17) is 11.6 Å². The molecule has 0 aliphatic heterocycles. The van der Waals surface area contributed by atoms with Gasteiger partial charge in [0, 0.05) is 18.3 Å². The molecule has 0 saturated heterocycles. The number of allylic oxidation sites excluding steroid dienone is 1. The Morgan fingerprint density at radius 2 is 2.15 bits per heavy atom. The first kappa shape index (κ1) is 18.9. The molecule has 3 aromatic rings. The van der Waals surface area contributed by atoms with Gasteiger partial charge in [0.25, 0.3) is 5.69 Å². The maximum absolute atomic E-state index is 12.2. The minimum Gasteiger partial charge on any atom is -0.325 e. The van der Waals surface area contributed by atoms with E-state index >= 15 is 0 Å². The van der Waals surface area contributed by atoms with Crippen molar-refractivity contribution in [1.29, 1.82) is 0 Å². The summed E-state index contributed by atoms with van der Waals surface area (Å²) in [5.41, 5.74) is 1.87. The molecule has 138 valence electrons. The molecule has 1 N–H and O–H groups in total. The lowest BCUT2D eigenvalue weighted by atomic mass is 10.3. The molecule has 1 heterocycles. The zero-order valence-corrected chi connectivity index (χ0v) is 15.7. The molecule has 0 aliphatic carbocycles. The summed E-state index contributed by atoms with van der Waals surface area (Å²) in [6.45, 7) is 4.34. The largest absolute Gasteiger partial charge is 0.325 e. The monoisotopic (exact) mass is 402 g/mol. The number of anilines is 1. The molecule has 0 fully saturated rings. The highest BCUT2D eigenvalue weighted by Crippen LogP contribution is 2.28. The van der Waals surface area contributed by atoms with E-state index in [1.165, 1.54) is 30.0 Å². The van der Waals surface area contributed by atoms with Gasteiger partial charge in [0.15, 0.2) is 5.16 Å². The fraction of sp³-hybridized carbons (Fsp3) is 0.111. The van der Waals surface area contributed by atoms with Crippen molar-refractivity contribution in [3.05, 3.63) is 70.3 Å². The number of nitro benzene ring substituents is 1. The molecule has 0 aliphatic rings. The SMILES string of the molecule is C=CCn1c(SCC(=O)Nc2ccc(Cl)c([N+](=O)[O-])c2)nc2ccccc21. The molecule has 0 bridgehead atoms. The standard InChI is InChI=1S/C18H15ClN4O3S/c1-2-9-22-15-6-4-3-5-14(15)21-18(22)27-11-17(24)20-12-7-8-13(19)16(10-12)23(25)26/h2-8,10H,1,9,11H2,(H,20,24). The minimum atomic E-state index is -0.593. The molecular formula is C18H15ClN4O3S. The van der Waals surface area contributed by atoms with Crippen molar-refractivity contribution >= 4 is 51.7 Å². The number of aromatic nitrogens is 2. The zero-order valence-electron chi connectivity index (χ0n) is 14.1. The van der Waals surface area contributed by atoms with Crippen LogP contribution in [0.4, 0.5) is 11.4 Å². The van der Waals surface area contributed by atoms with Crippen LogP contribution in [-0.2, 0) is 11.3 Å². The van der Waals surface area contributed by atoms with Crippen LogP contribution in [0.3, 0.4) is 0 Å². The molecule has 3 rings (SSSR count). The number of para-hydroxylation sites is 2. The van der Waals surface area contributed by atoms with E-state index < -0.39 is 4.92 Å². The van der Waals surface area contributed by atoms with Gasteiger partial charge in [-0.05, 0) is 24.3 Å². The number of carbonyl (C=O) groups excluding carboxylic acids is 1. The Hall–Kier alpha value is -2.84. The van der Waals surface area contributed by atoms with Gasteiger partial charge in [-0.2, -0.15) is 0 Å². The quantitative estimate of drug-likeness (QED) is 0.271. The lowest BCUT2D eigenvalue weighted by molar-refractivity contribution is -0.384. The second kappa shape index (κ2) is 8.24. The van der Waals surface area contributed by atoms with Crippen LogP contribution in [-0.4, -0.2) is 26.1 Å². The molecule has 2 aromatic carbocycles. The van der Waals surface area contributed by atoms with E-state index in [0.717, 1.165) is 11.0 Å². The first-order chi connectivity index (χ1) is 13.0. The number of halogens is 1. The molecule has 0 unspecified atom stereocenters. The highest BCUT2D eigenvalue weighted by atomic mass is 35.5. The summed E-state index contributed by atoms with van der Waals surface area (Å²) >= 11 is 7.06. The maximum atomic E-state index is 12.2. The molecule has 0 saturated carbocycles. The third-order valence-corrected chi connectivity index (χ3v) is 4.99. The Balaban J connectivity index is 1.72. The number of fused-ring (bicyclic) bond motifs is 1. The Bertz CT molecular complexity index is 1030. The Labute approximate surface area is 164 Å². The van der Waals surface area contributed by atoms with Crippen molar-refractivity contribution < 1.29 is 9.72 Å². The van der Waals surface area contributed by atoms with Gasteiger partial charge >= 0.3 is 0 Å². The van der Waals surface area contributed by atoms with Crippen LogP contribution in [0.1, 0.15) is 0 Å². The highest BCUT2D eigenvalue weighted by molar-refractivity contribution is 7.99. The number of nitro groups is 1. The summed E-state index contributed by atoms with van der Waals surface area (Å²) in [5, 5.41) is 14.3. The van der Waals surface area contributed by atoms with Crippen molar-refractivity contribution in [2.75, 3.05) is 11.1 Å². The van der Waals surface area contributed by atoms with Gasteiger partial charge in [-0.3, -0.25) is 14.9 Å². The van der Waals surface area contributed by atoms with Crippen molar-refractivity contribution in [2.45, 2.75) is 11.7 Å². The first-order valence-corrected chi connectivity index (χ1v) is 9.28. The average molecular weight is 403 g/mol. The van der Waals surface area contributed by atoms with E-state index in [2.05, 4.69) is 16.9 Å². The maximum Gasteiger partial charge on any atom is 0.289 e. The van der Waals surface area contributed by atoms with Gasteiger partial charge in [0.1, 0.15) is 5.02 Å². The van der Waals surface area contributed by atoms with Gasteiger partial charge in [-0.25, -0.2) is 4.98 Å².